The lowest BCUT2D eigenvalue weighted by atomic mass is 9.94. The Bertz CT molecular complexity index is 1600. The van der Waals surface area contributed by atoms with E-state index in [1.165, 1.54) is 13.0 Å². The fourth-order valence-corrected chi connectivity index (χ4v) is 6.02. The number of alkyl halides is 3. The Labute approximate surface area is 242 Å². The summed E-state index contributed by atoms with van der Waals surface area (Å²) < 4.78 is 43.5. The van der Waals surface area contributed by atoms with E-state index >= 15 is 0 Å². The maximum atomic E-state index is 14.5. The van der Waals surface area contributed by atoms with Gasteiger partial charge < -0.3 is 4.90 Å². The van der Waals surface area contributed by atoms with Crippen molar-refractivity contribution >= 4 is 34.0 Å². The number of amides is 1. The van der Waals surface area contributed by atoms with Crippen LogP contribution in [0, 0.1) is 24.7 Å². The molecule has 0 saturated carbocycles. The monoisotopic (exact) mass is 578 g/mol. The van der Waals surface area contributed by atoms with E-state index in [9.17, 15) is 18.0 Å². The number of benzene rings is 2. The van der Waals surface area contributed by atoms with E-state index in [4.69, 9.17) is 10.4 Å². The number of fused-ring (bicyclic) bond motifs is 1. The molecule has 1 fully saturated rings. The van der Waals surface area contributed by atoms with Gasteiger partial charge in [-0.25, -0.2) is 18.2 Å². The van der Waals surface area contributed by atoms with Crippen molar-refractivity contribution in [1.82, 2.24) is 14.5 Å². The number of para-hydroxylation sites is 2. The molecular formula is C32H33F3N4OS. The molecule has 9 heteroatoms. The van der Waals surface area contributed by atoms with Crippen molar-refractivity contribution in [1.29, 1.82) is 5.41 Å². The van der Waals surface area contributed by atoms with Crippen LogP contribution in [0.1, 0.15) is 83.6 Å². The van der Waals surface area contributed by atoms with Crippen LogP contribution in [-0.4, -0.2) is 39.2 Å². The first-order valence-corrected chi connectivity index (χ1v) is 14.3. The number of rotatable bonds is 6. The van der Waals surface area contributed by atoms with Gasteiger partial charge in [-0.2, -0.15) is 0 Å². The van der Waals surface area contributed by atoms with Crippen LogP contribution in [0.3, 0.4) is 0 Å². The van der Waals surface area contributed by atoms with Crippen molar-refractivity contribution < 1.29 is 18.0 Å². The number of imidazole rings is 1. The Morgan fingerprint density at radius 2 is 1.83 bits per heavy atom. The molecule has 5 nitrogen and oxygen atoms in total. The van der Waals surface area contributed by atoms with Gasteiger partial charge >= 0.3 is 0 Å². The number of hydrogen-bond donors (Lipinski definition) is 1. The Morgan fingerprint density at radius 3 is 2.41 bits per heavy atom. The highest BCUT2D eigenvalue weighted by Crippen LogP contribution is 2.34. The minimum atomic E-state index is -2.95. The minimum absolute atomic E-state index is 0.0558. The summed E-state index contributed by atoms with van der Waals surface area (Å²) in [6.07, 6.45) is 4.77. The average molecular weight is 579 g/mol. The highest BCUT2D eigenvalue weighted by atomic mass is 32.1. The van der Waals surface area contributed by atoms with Crippen LogP contribution in [-0.2, 0) is 5.92 Å². The van der Waals surface area contributed by atoms with Gasteiger partial charge in [0.2, 0.25) is 0 Å². The maximum Gasteiger partial charge on any atom is 0.279 e. The quantitative estimate of drug-likeness (QED) is 0.186. The lowest BCUT2D eigenvalue weighted by Gasteiger charge is -2.32. The van der Waals surface area contributed by atoms with Crippen LogP contribution in [0.15, 0.2) is 53.9 Å². The fourth-order valence-electron chi connectivity index (χ4n) is 5.18. The van der Waals surface area contributed by atoms with Crippen LogP contribution < -0.4 is 0 Å². The molecule has 214 valence electrons. The van der Waals surface area contributed by atoms with Crippen LogP contribution in [0.2, 0.25) is 0 Å². The van der Waals surface area contributed by atoms with Crippen LogP contribution in [0.5, 0.6) is 0 Å². The number of halogens is 3. The predicted octanol–water partition coefficient (Wildman–Crippen LogP) is 8.08. The molecule has 1 aliphatic rings. The molecule has 2 aromatic heterocycles. The van der Waals surface area contributed by atoms with E-state index in [0.717, 1.165) is 40.7 Å². The van der Waals surface area contributed by atoms with Gasteiger partial charge in [-0.05, 0) is 69.5 Å². The van der Waals surface area contributed by atoms with Gasteiger partial charge in [0.25, 0.3) is 11.8 Å². The highest BCUT2D eigenvalue weighted by Gasteiger charge is 2.30. The molecule has 41 heavy (non-hydrogen) atoms. The van der Waals surface area contributed by atoms with Gasteiger partial charge in [-0.1, -0.05) is 18.2 Å². The number of nitrogens with zero attached hydrogens (tertiary/aromatic N) is 3. The number of piperidine rings is 1. The second kappa shape index (κ2) is 12.3. The SMILES string of the molecule is C#CC.Cc1cc(C(=O)N2CCC(c3nc4ccccc4n3C(C)F)CC2)ccc1C(=N)c1csc(C(C)(F)F)c1. The second-order valence-electron chi connectivity index (χ2n) is 10.3. The topological polar surface area (TPSA) is 62.0 Å². The van der Waals surface area contributed by atoms with E-state index in [1.807, 2.05) is 31.2 Å². The zero-order valence-corrected chi connectivity index (χ0v) is 24.4. The zero-order valence-electron chi connectivity index (χ0n) is 23.5. The van der Waals surface area contributed by atoms with Crippen molar-refractivity contribution in [3.8, 4) is 12.3 Å². The fraction of sp³-hybridized carbons (Fsp3) is 0.344. The molecular weight excluding hydrogens is 545 g/mol. The number of hydrogen-bond acceptors (Lipinski definition) is 4. The average Bonchev–Trinajstić information content (AvgIpc) is 3.59. The number of thiophene rings is 1. The summed E-state index contributed by atoms with van der Waals surface area (Å²) in [7, 11) is 0. The van der Waals surface area contributed by atoms with E-state index in [1.54, 1.807) is 40.0 Å². The predicted molar refractivity (Wildman–Crippen MR) is 159 cm³/mol. The third kappa shape index (κ3) is 6.38. The standard InChI is InChI=1S/C29H29F3N4OS.C3H4/c1-17-14-20(8-9-22(17)26(33)21-15-25(38-16-21)29(3,31)32)28(37)35-12-10-19(11-13-35)27-34-23-6-4-5-7-24(23)36(27)18(2)30;1-3-2/h4-9,14-16,18-19,33H,10-13H2,1-3H3;1H,2H3. The summed E-state index contributed by atoms with van der Waals surface area (Å²) in [4.78, 5) is 19.7. The normalized spacial score (nSPS) is 14.7. The third-order valence-corrected chi connectivity index (χ3v) is 8.29. The van der Waals surface area contributed by atoms with E-state index < -0.39 is 12.2 Å². The second-order valence-corrected chi connectivity index (χ2v) is 11.2. The zero-order chi connectivity index (χ0) is 29.9. The molecule has 1 saturated heterocycles. The maximum absolute atomic E-state index is 14.5. The molecule has 1 aliphatic heterocycles. The van der Waals surface area contributed by atoms with Gasteiger partial charge in [0, 0.05) is 48.0 Å². The molecule has 0 spiro atoms. The molecule has 4 aromatic rings. The van der Waals surface area contributed by atoms with Crippen LogP contribution in [0.25, 0.3) is 11.0 Å². The van der Waals surface area contributed by atoms with Crippen LogP contribution in [0.4, 0.5) is 13.2 Å². The van der Waals surface area contributed by atoms with E-state index in [-0.39, 0.29) is 22.4 Å². The number of likely N-dealkylation sites (tertiary alicyclic amines) is 1. The lowest BCUT2D eigenvalue weighted by Crippen LogP contribution is -2.38. The molecule has 0 radical (unpaired) electrons. The highest BCUT2D eigenvalue weighted by molar-refractivity contribution is 7.10. The first kappa shape index (κ1) is 30.1. The number of nitrogens with one attached hydrogen (secondary N) is 1. The van der Waals surface area contributed by atoms with Crippen molar-refractivity contribution in [2.45, 2.75) is 58.7 Å². The van der Waals surface area contributed by atoms with Gasteiger partial charge in [0.1, 0.15) is 5.82 Å². The van der Waals surface area contributed by atoms with Crippen molar-refractivity contribution in [2.75, 3.05) is 13.1 Å². The summed E-state index contributed by atoms with van der Waals surface area (Å²) in [5.41, 5.74) is 3.99. The largest absolute Gasteiger partial charge is 0.339 e. The molecule has 2 aromatic carbocycles. The van der Waals surface area contributed by atoms with Crippen molar-refractivity contribution in [3.05, 3.63) is 86.9 Å². The molecule has 1 atom stereocenters. The van der Waals surface area contributed by atoms with Gasteiger partial charge in [0.15, 0.2) is 6.30 Å². The Morgan fingerprint density at radius 1 is 1.17 bits per heavy atom. The first-order valence-electron chi connectivity index (χ1n) is 13.4. The Balaban J connectivity index is 0.00000124. The molecule has 1 unspecified atom stereocenters. The first-order chi connectivity index (χ1) is 19.5. The van der Waals surface area contributed by atoms with Gasteiger partial charge in [-0.15, -0.1) is 23.7 Å². The number of aryl methyl sites for hydroxylation is 1. The van der Waals surface area contributed by atoms with E-state index in [2.05, 4.69) is 12.3 Å². The van der Waals surface area contributed by atoms with Crippen LogP contribution >= 0.6 is 11.3 Å². The van der Waals surface area contributed by atoms with Crippen molar-refractivity contribution in [3.63, 3.8) is 0 Å². The number of terminal acetylenes is 1. The Hall–Kier alpha value is -3.90. The molecule has 0 bridgehead atoms. The summed E-state index contributed by atoms with van der Waals surface area (Å²) in [6.45, 7) is 6.90. The molecule has 1 amide bonds. The lowest BCUT2D eigenvalue weighted by molar-refractivity contribution is 0.0215. The van der Waals surface area contributed by atoms with E-state index in [0.29, 0.717) is 42.6 Å². The number of aromatic nitrogens is 2. The van der Waals surface area contributed by atoms with Gasteiger partial charge in [0.05, 0.1) is 21.6 Å². The van der Waals surface area contributed by atoms with Crippen molar-refractivity contribution in [2.24, 2.45) is 0 Å². The molecule has 1 N–H and O–H groups in total. The summed E-state index contributed by atoms with van der Waals surface area (Å²) >= 11 is 0.936. The number of carbonyl (C=O) groups excluding carboxylic acids is 1. The smallest absolute Gasteiger partial charge is 0.279 e. The third-order valence-electron chi connectivity index (χ3n) is 7.19. The minimum Gasteiger partial charge on any atom is -0.339 e. The molecule has 3 heterocycles. The van der Waals surface area contributed by atoms with Gasteiger partial charge in [-0.3, -0.25) is 14.8 Å². The summed E-state index contributed by atoms with van der Waals surface area (Å²) in [5.74, 6) is -0.0104. The molecule has 0 aliphatic carbocycles. The summed E-state index contributed by atoms with van der Waals surface area (Å²) in [6, 6.07) is 14.0. The Kier molecular flexibility index (Phi) is 9.03. The molecule has 5 rings (SSSR count). The summed E-state index contributed by atoms with van der Waals surface area (Å²) in [5, 5.41) is 10.1. The number of carbonyl (C=O) groups is 1.